The van der Waals surface area contributed by atoms with E-state index in [4.69, 9.17) is 19.3 Å². The van der Waals surface area contributed by atoms with Gasteiger partial charge in [-0.1, -0.05) is 163 Å². The van der Waals surface area contributed by atoms with Crippen molar-refractivity contribution in [3.63, 3.8) is 0 Å². The summed E-state index contributed by atoms with van der Waals surface area (Å²) in [6.45, 7) is 3.55. The van der Waals surface area contributed by atoms with Gasteiger partial charge in [-0.3, -0.25) is 14.1 Å². The number of allylic oxidation sites excluding steroid dienone is 14. The van der Waals surface area contributed by atoms with Crippen LogP contribution in [0.25, 0.3) is 0 Å². The van der Waals surface area contributed by atoms with E-state index in [1.165, 1.54) is 83.5 Å². The molecule has 2 N–H and O–H groups in total. The van der Waals surface area contributed by atoms with Crippen LogP contribution in [0.2, 0.25) is 0 Å². The Bertz CT molecular complexity index is 1140. The topological polar surface area (TPSA) is 119 Å². The highest BCUT2D eigenvalue weighted by Crippen LogP contribution is 2.36. The van der Waals surface area contributed by atoms with Gasteiger partial charge in [-0.2, -0.15) is 0 Å². The number of phosphoric ester groups is 1. The van der Waals surface area contributed by atoms with Crippen molar-refractivity contribution in [2.24, 2.45) is 0 Å². The second kappa shape index (κ2) is 39.9. The van der Waals surface area contributed by atoms with E-state index in [1.807, 2.05) is 18.2 Å². The number of carbonyl (C=O) groups is 2. The van der Waals surface area contributed by atoms with Crippen LogP contribution in [-0.4, -0.2) is 41.0 Å². The molecule has 8 nitrogen and oxygen atoms in total. The number of phosphoric acid groups is 1. The fourth-order valence-corrected chi connectivity index (χ4v) is 5.64. The molecule has 0 aromatic heterocycles. The third-order valence-electron chi connectivity index (χ3n) is 8.40. The van der Waals surface area contributed by atoms with E-state index in [9.17, 15) is 14.2 Å². The summed E-state index contributed by atoms with van der Waals surface area (Å²) in [6.07, 6.45) is 53.2. The lowest BCUT2D eigenvalue weighted by Crippen LogP contribution is -2.29. The molecule has 9 heteroatoms. The fourth-order valence-electron chi connectivity index (χ4n) is 5.28. The van der Waals surface area contributed by atoms with Crippen LogP contribution in [0.1, 0.15) is 168 Å². The molecule has 0 heterocycles. The molecule has 0 aliphatic carbocycles. The van der Waals surface area contributed by atoms with Gasteiger partial charge >= 0.3 is 19.8 Å². The summed E-state index contributed by atoms with van der Waals surface area (Å²) >= 11 is 0. The summed E-state index contributed by atoms with van der Waals surface area (Å²) < 4.78 is 26.2. The number of hydrogen-bond donors (Lipinski definition) is 2. The number of unbranched alkanes of at least 4 members (excludes halogenated alkanes) is 13. The average molecular weight is 775 g/mol. The van der Waals surface area contributed by atoms with Crippen LogP contribution in [0.5, 0.6) is 0 Å². The standard InChI is InChI=1S/C45H75O8P/c1-3-5-7-9-11-13-15-17-19-21-22-24-26-28-30-32-34-36-38-40-45(47)53-43(42-52-54(48,49)50)41-51-44(46)39-37-35-33-31-29-27-25-23-20-18-16-14-12-10-8-6-4-2/h11,13,17,19,22,24-25,27-28,30-31,33-34,36,43H,3-10,12,14-16,18,20-21,23,26,29,32,35,37-42H2,1-2H3,(H2,48,49,50)/b13-11+,19-17+,24-22+,27-25+,30-28+,33-31+,36-34+/t43-/m1/s1. The average Bonchev–Trinajstić information content (AvgIpc) is 3.14. The van der Waals surface area contributed by atoms with Gasteiger partial charge in [0, 0.05) is 12.8 Å². The second-order valence-corrected chi connectivity index (χ2v) is 14.8. The zero-order valence-electron chi connectivity index (χ0n) is 33.8. The van der Waals surface area contributed by atoms with Gasteiger partial charge in [0.05, 0.1) is 6.61 Å². The maximum Gasteiger partial charge on any atom is 0.469 e. The molecule has 0 saturated heterocycles. The summed E-state index contributed by atoms with van der Waals surface area (Å²) in [4.78, 5) is 42.8. The molecule has 0 fully saturated rings. The zero-order chi connectivity index (χ0) is 39.6. The van der Waals surface area contributed by atoms with Crippen molar-refractivity contribution in [2.75, 3.05) is 13.2 Å². The Kier molecular flexibility index (Phi) is 37.9. The normalized spacial score (nSPS) is 13.3. The fraction of sp³-hybridized carbons (Fsp3) is 0.644. The molecule has 0 spiro atoms. The Balaban J connectivity index is 4.14. The van der Waals surface area contributed by atoms with Crippen LogP contribution in [-0.2, 0) is 28.2 Å². The van der Waals surface area contributed by atoms with E-state index < -0.39 is 32.5 Å². The summed E-state index contributed by atoms with van der Waals surface area (Å²) in [5.41, 5.74) is 0. The van der Waals surface area contributed by atoms with Crippen molar-refractivity contribution < 1.29 is 37.9 Å². The smallest absolute Gasteiger partial charge is 0.462 e. The van der Waals surface area contributed by atoms with Crippen LogP contribution in [0.3, 0.4) is 0 Å². The number of esters is 2. The minimum Gasteiger partial charge on any atom is -0.462 e. The summed E-state index contributed by atoms with van der Waals surface area (Å²) in [7, 11) is -4.79. The zero-order valence-corrected chi connectivity index (χ0v) is 34.7. The highest BCUT2D eigenvalue weighted by Gasteiger charge is 2.22. The van der Waals surface area contributed by atoms with Gasteiger partial charge < -0.3 is 19.3 Å². The van der Waals surface area contributed by atoms with Crippen molar-refractivity contribution in [3.8, 4) is 0 Å². The van der Waals surface area contributed by atoms with Gasteiger partial charge in [-0.15, -0.1) is 0 Å². The third kappa shape index (κ3) is 42.0. The van der Waals surface area contributed by atoms with Crippen molar-refractivity contribution in [1.29, 1.82) is 0 Å². The molecule has 0 aromatic carbocycles. The van der Waals surface area contributed by atoms with Gasteiger partial charge in [0.2, 0.25) is 0 Å². The van der Waals surface area contributed by atoms with Gasteiger partial charge in [0.15, 0.2) is 6.10 Å². The van der Waals surface area contributed by atoms with E-state index in [0.717, 1.165) is 44.9 Å². The van der Waals surface area contributed by atoms with Crippen LogP contribution >= 0.6 is 7.82 Å². The quantitative estimate of drug-likeness (QED) is 0.0277. The molecule has 0 unspecified atom stereocenters. The lowest BCUT2D eigenvalue weighted by Gasteiger charge is -2.18. The number of carbonyl (C=O) groups excluding carboxylic acids is 2. The third-order valence-corrected chi connectivity index (χ3v) is 8.89. The highest BCUT2D eigenvalue weighted by molar-refractivity contribution is 7.46. The van der Waals surface area contributed by atoms with Gasteiger partial charge in [0.25, 0.3) is 0 Å². The lowest BCUT2D eigenvalue weighted by atomic mass is 10.1. The molecule has 0 amide bonds. The molecule has 0 bridgehead atoms. The number of rotatable bonds is 37. The highest BCUT2D eigenvalue weighted by atomic mass is 31.2. The Morgan fingerprint density at radius 3 is 1.35 bits per heavy atom. The minimum absolute atomic E-state index is 0.0756. The summed E-state index contributed by atoms with van der Waals surface area (Å²) in [5.74, 6) is -1.04. The van der Waals surface area contributed by atoms with Crippen molar-refractivity contribution in [3.05, 3.63) is 85.1 Å². The first-order valence-electron chi connectivity index (χ1n) is 20.9. The van der Waals surface area contributed by atoms with Crippen LogP contribution in [0, 0.1) is 0 Å². The molecule has 0 aromatic rings. The molecular weight excluding hydrogens is 699 g/mol. The van der Waals surface area contributed by atoms with Gasteiger partial charge in [0.1, 0.15) is 6.61 Å². The maximum atomic E-state index is 12.4. The molecule has 0 saturated carbocycles. The molecule has 54 heavy (non-hydrogen) atoms. The van der Waals surface area contributed by atoms with Gasteiger partial charge in [-0.05, 0) is 77.0 Å². The molecular formula is C45H75O8P. The lowest BCUT2D eigenvalue weighted by molar-refractivity contribution is -0.161. The Hall–Kier alpha value is -2.77. The van der Waals surface area contributed by atoms with E-state index in [-0.39, 0.29) is 19.4 Å². The maximum absolute atomic E-state index is 12.4. The largest absolute Gasteiger partial charge is 0.469 e. The van der Waals surface area contributed by atoms with E-state index in [0.29, 0.717) is 12.8 Å². The van der Waals surface area contributed by atoms with Crippen molar-refractivity contribution >= 4 is 19.8 Å². The first kappa shape index (κ1) is 51.2. The summed E-state index contributed by atoms with van der Waals surface area (Å²) in [6, 6.07) is 0. The Morgan fingerprint density at radius 2 is 0.870 bits per heavy atom. The first-order valence-corrected chi connectivity index (χ1v) is 22.4. The molecule has 0 radical (unpaired) electrons. The van der Waals surface area contributed by atoms with Crippen LogP contribution < -0.4 is 0 Å². The first-order chi connectivity index (χ1) is 26.3. The molecule has 0 aliphatic rings. The molecule has 0 rings (SSSR count). The van der Waals surface area contributed by atoms with Crippen LogP contribution in [0.4, 0.5) is 0 Å². The number of ether oxygens (including phenoxy) is 2. The number of hydrogen-bond acceptors (Lipinski definition) is 6. The molecule has 0 aliphatic heterocycles. The second-order valence-electron chi connectivity index (χ2n) is 13.6. The minimum atomic E-state index is -4.79. The summed E-state index contributed by atoms with van der Waals surface area (Å²) in [5, 5.41) is 0. The van der Waals surface area contributed by atoms with Crippen molar-refractivity contribution in [2.45, 2.75) is 174 Å². The van der Waals surface area contributed by atoms with E-state index >= 15 is 0 Å². The van der Waals surface area contributed by atoms with Crippen LogP contribution in [0.15, 0.2) is 85.1 Å². The van der Waals surface area contributed by atoms with E-state index in [2.05, 4.69) is 85.2 Å². The van der Waals surface area contributed by atoms with Gasteiger partial charge in [-0.25, -0.2) is 4.57 Å². The Labute approximate surface area is 329 Å². The molecule has 1 atom stereocenters. The predicted octanol–water partition coefficient (Wildman–Crippen LogP) is 12.8. The molecule has 308 valence electrons. The predicted molar refractivity (Wildman–Crippen MR) is 225 cm³/mol. The SMILES string of the molecule is CCCCC/C=C/C/C=C/C/C=C/C/C=C/C/C=C/CCC(=O)O[C@H](COC(=O)CCC/C=C/C/C=C/CCCCCCCCCCC)COP(=O)(O)O. The van der Waals surface area contributed by atoms with E-state index in [1.54, 1.807) is 0 Å². The van der Waals surface area contributed by atoms with Crippen molar-refractivity contribution in [1.82, 2.24) is 0 Å². The monoisotopic (exact) mass is 775 g/mol. The Morgan fingerprint density at radius 1 is 0.481 bits per heavy atom.